The van der Waals surface area contributed by atoms with Crippen molar-refractivity contribution in [3.05, 3.63) is 65.0 Å². The molecule has 1 saturated heterocycles. The first-order valence-electron chi connectivity index (χ1n) is 10.0. The van der Waals surface area contributed by atoms with Crippen LogP contribution in [0.3, 0.4) is 0 Å². The van der Waals surface area contributed by atoms with Gasteiger partial charge in [-0.2, -0.15) is 11.8 Å². The fourth-order valence-corrected chi connectivity index (χ4v) is 4.42. The van der Waals surface area contributed by atoms with Crippen LogP contribution in [0.25, 0.3) is 11.0 Å². The number of hydrogen-bond donors (Lipinski definition) is 1. The van der Waals surface area contributed by atoms with Crippen LogP contribution in [0.5, 0.6) is 0 Å². The van der Waals surface area contributed by atoms with E-state index in [1.165, 1.54) is 30.2 Å². The van der Waals surface area contributed by atoms with Gasteiger partial charge in [0.2, 0.25) is 0 Å². The molecule has 5 nitrogen and oxygen atoms in total. The van der Waals surface area contributed by atoms with Crippen LogP contribution in [0, 0.1) is 13.8 Å². The number of benzene rings is 2. The topological polar surface area (TPSA) is 58.1 Å². The molecule has 29 heavy (non-hydrogen) atoms. The lowest BCUT2D eigenvalue weighted by Gasteiger charge is -2.26. The molecule has 3 aromatic rings. The largest absolute Gasteiger partial charge is 0.322 e. The number of rotatable bonds is 5. The third-order valence-corrected chi connectivity index (χ3v) is 6.31. The summed E-state index contributed by atoms with van der Waals surface area (Å²) < 4.78 is 0. The number of aromatic nitrogens is 2. The van der Waals surface area contributed by atoms with Gasteiger partial charge in [0.1, 0.15) is 0 Å². The van der Waals surface area contributed by atoms with Crippen molar-refractivity contribution in [1.82, 2.24) is 14.9 Å². The molecule has 6 heteroatoms. The smallest absolute Gasteiger partial charge is 0.255 e. The van der Waals surface area contributed by atoms with E-state index in [0.717, 1.165) is 41.1 Å². The van der Waals surface area contributed by atoms with Gasteiger partial charge in [-0.3, -0.25) is 4.79 Å². The van der Waals surface area contributed by atoms with E-state index >= 15 is 0 Å². The molecule has 1 amide bonds. The summed E-state index contributed by atoms with van der Waals surface area (Å²) in [4.78, 5) is 24.3. The van der Waals surface area contributed by atoms with Gasteiger partial charge in [-0.15, -0.1) is 0 Å². The van der Waals surface area contributed by atoms with Crippen LogP contribution in [0.1, 0.15) is 27.3 Å². The zero-order valence-electron chi connectivity index (χ0n) is 16.9. The van der Waals surface area contributed by atoms with Crippen molar-refractivity contribution in [1.29, 1.82) is 0 Å². The summed E-state index contributed by atoms with van der Waals surface area (Å²) in [6, 6.07) is 13.6. The van der Waals surface area contributed by atoms with Gasteiger partial charge >= 0.3 is 0 Å². The molecule has 1 fully saturated rings. The molecule has 0 spiro atoms. The highest BCUT2D eigenvalue weighted by Gasteiger charge is 2.11. The Morgan fingerprint density at radius 3 is 2.41 bits per heavy atom. The van der Waals surface area contributed by atoms with Crippen LogP contribution >= 0.6 is 11.8 Å². The number of carbonyl (C=O) groups excluding carboxylic acids is 1. The van der Waals surface area contributed by atoms with Gasteiger partial charge in [-0.25, -0.2) is 9.97 Å². The first-order valence-corrected chi connectivity index (χ1v) is 11.2. The Morgan fingerprint density at radius 1 is 1.00 bits per heavy atom. The highest BCUT2D eigenvalue weighted by molar-refractivity contribution is 7.99. The van der Waals surface area contributed by atoms with Gasteiger partial charge in [-0.1, -0.05) is 12.1 Å². The van der Waals surface area contributed by atoms with Gasteiger partial charge < -0.3 is 10.2 Å². The Balaban J connectivity index is 1.39. The lowest BCUT2D eigenvalue weighted by Crippen LogP contribution is -2.34. The summed E-state index contributed by atoms with van der Waals surface area (Å²) in [5, 5.41) is 2.98. The molecule has 4 rings (SSSR count). The second-order valence-electron chi connectivity index (χ2n) is 7.45. The summed E-state index contributed by atoms with van der Waals surface area (Å²) in [5.74, 6) is 2.35. The van der Waals surface area contributed by atoms with E-state index in [-0.39, 0.29) is 5.91 Å². The van der Waals surface area contributed by atoms with Gasteiger partial charge in [0.25, 0.3) is 5.91 Å². The second kappa shape index (κ2) is 8.93. The predicted molar refractivity (Wildman–Crippen MR) is 121 cm³/mol. The maximum atomic E-state index is 12.7. The number of amides is 1. The zero-order chi connectivity index (χ0) is 20.2. The van der Waals surface area contributed by atoms with Crippen molar-refractivity contribution in [2.75, 3.05) is 36.5 Å². The van der Waals surface area contributed by atoms with Crippen molar-refractivity contribution >= 4 is 34.4 Å². The van der Waals surface area contributed by atoms with E-state index in [2.05, 4.69) is 32.3 Å². The number of nitrogens with zero attached hydrogens (tertiary/aromatic N) is 3. The van der Waals surface area contributed by atoms with Gasteiger partial charge in [0.05, 0.1) is 22.4 Å². The molecule has 0 radical (unpaired) electrons. The van der Waals surface area contributed by atoms with Crippen LogP contribution in [-0.4, -0.2) is 51.9 Å². The molecule has 1 aliphatic rings. The fraction of sp³-hybridized carbons (Fsp3) is 0.348. The van der Waals surface area contributed by atoms with Crippen LogP contribution < -0.4 is 5.32 Å². The number of hydrogen-bond acceptors (Lipinski definition) is 5. The lowest BCUT2D eigenvalue weighted by molar-refractivity contribution is 0.102. The Hall–Kier alpha value is -2.44. The number of anilines is 1. The molecular weight excluding hydrogens is 380 g/mol. The standard InChI is InChI=1S/C23H26N4OS/c1-16-17(2)25-22-15-19(5-8-21(22)24-16)23(28)26-20-6-3-18(4-7-20)9-10-27-11-13-29-14-12-27/h3-8,15H,9-14H2,1-2H3,(H,26,28). The Morgan fingerprint density at radius 2 is 1.69 bits per heavy atom. The second-order valence-corrected chi connectivity index (χ2v) is 8.68. The third-order valence-electron chi connectivity index (χ3n) is 5.37. The Labute approximate surface area is 175 Å². The van der Waals surface area contributed by atoms with Crippen LogP contribution in [0.4, 0.5) is 5.69 Å². The summed E-state index contributed by atoms with van der Waals surface area (Å²) in [6.07, 6.45) is 1.04. The molecule has 150 valence electrons. The Kier molecular flexibility index (Phi) is 6.11. The normalized spacial score (nSPS) is 14.8. The quantitative estimate of drug-likeness (QED) is 0.692. The van der Waals surface area contributed by atoms with Gasteiger partial charge in [-0.05, 0) is 56.2 Å². The van der Waals surface area contributed by atoms with E-state index in [1.54, 1.807) is 12.1 Å². The molecule has 0 saturated carbocycles. The molecule has 0 aliphatic carbocycles. The molecule has 1 aromatic heterocycles. The van der Waals surface area contributed by atoms with Gasteiger partial charge in [0.15, 0.2) is 0 Å². The van der Waals surface area contributed by atoms with E-state index in [0.29, 0.717) is 5.56 Å². The lowest BCUT2D eigenvalue weighted by atomic mass is 10.1. The number of thioether (sulfide) groups is 1. The van der Waals surface area contributed by atoms with Gasteiger partial charge in [0, 0.05) is 42.4 Å². The Bertz CT molecular complexity index is 1010. The minimum atomic E-state index is -0.134. The average molecular weight is 407 g/mol. The third kappa shape index (κ3) is 4.95. The fourth-order valence-electron chi connectivity index (χ4n) is 3.44. The van der Waals surface area contributed by atoms with Crippen molar-refractivity contribution in [2.45, 2.75) is 20.3 Å². The maximum absolute atomic E-state index is 12.7. The predicted octanol–water partition coefficient (Wildman–Crippen LogP) is 4.09. The molecule has 2 aromatic carbocycles. The first kappa shape index (κ1) is 19.9. The maximum Gasteiger partial charge on any atom is 0.255 e. The molecule has 0 atom stereocenters. The first-order chi connectivity index (χ1) is 14.1. The van der Waals surface area contributed by atoms with Crippen LogP contribution in [0.2, 0.25) is 0 Å². The van der Waals surface area contributed by atoms with Crippen molar-refractivity contribution < 1.29 is 4.79 Å². The van der Waals surface area contributed by atoms with E-state index < -0.39 is 0 Å². The zero-order valence-corrected chi connectivity index (χ0v) is 17.8. The van der Waals surface area contributed by atoms with E-state index in [9.17, 15) is 4.79 Å². The van der Waals surface area contributed by atoms with Crippen molar-refractivity contribution in [3.63, 3.8) is 0 Å². The van der Waals surface area contributed by atoms with E-state index in [4.69, 9.17) is 0 Å². The van der Waals surface area contributed by atoms with E-state index in [1.807, 2.05) is 43.8 Å². The van der Waals surface area contributed by atoms with Crippen molar-refractivity contribution in [3.8, 4) is 0 Å². The summed E-state index contributed by atoms with van der Waals surface area (Å²) in [5.41, 5.74) is 6.03. The monoisotopic (exact) mass is 406 g/mol. The highest BCUT2D eigenvalue weighted by atomic mass is 32.2. The summed E-state index contributed by atoms with van der Waals surface area (Å²) in [6.45, 7) is 7.35. The molecule has 2 heterocycles. The summed E-state index contributed by atoms with van der Waals surface area (Å²) in [7, 11) is 0. The molecule has 0 unspecified atom stereocenters. The number of nitrogens with one attached hydrogen (secondary N) is 1. The summed E-state index contributed by atoms with van der Waals surface area (Å²) >= 11 is 2.04. The van der Waals surface area contributed by atoms with Crippen LogP contribution in [0.15, 0.2) is 42.5 Å². The minimum Gasteiger partial charge on any atom is -0.322 e. The molecule has 0 bridgehead atoms. The molecular formula is C23H26N4OS. The minimum absolute atomic E-state index is 0.134. The number of carbonyl (C=O) groups is 1. The van der Waals surface area contributed by atoms with Crippen LogP contribution in [-0.2, 0) is 6.42 Å². The number of fused-ring (bicyclic) bond motifs is 1. The highest BCUT2D eigenvalue weighted by Crippen LogP contribution is 2.17. The molecule has 1 N–H and O–H groups in total. The molecule has 1 aliphatic heterocycles. The van der Waals surface area contributed by atoms with Crippen molar-refractivity contribution in [2.24, 2.45) is 0 Å². The number of aryl methyl sites for hydroxylation is 2. The average Bonchev–Trinajstić information content (AvgIpc) is 2.74. The SMILES string of the molecule is Cc1nc2ccc(C(=O)Nc3ccc(CCN4CCSCC4)cc3)cc2nc1C.